The molecule has 0 aliphatic carbocycles. The number of hydrogen-bond acceptors (Lipinski definition) is 2. The van der Waals surface area contributed by atoms with Gasteiger partial charge in [0.2, 0.25) is 0 Å². The van der Waals surface area contributed by atoms with E-state index in [2.05, 4.69) is 32.7 Å². The normalized spacial score (nSPS) is 14.9. The molecule has 2 atom stereocenters. The molecule has 90 valence electrons. The van der Waals surface area contributed by atoms with Crippen LogP contribution in [0, 0.1) is 0 Å². The summed E-state index contributed by atoms with van der Waals surface area (Å²) >= 11 is 0. The summed E-state index contributed by atoms with van der Waals surface area (Å²) < 4.78 is 5.50. The Balaban J connectivity index is 4.20. The highest BCUT2D eigenvalue weighted by atomic mass is 16.5. The van der Waals surface area contributed by atoms with E-state index in [1.807, 2.05) is 0 Å². The van der Waals surface area contributed by atoms with Gasteiger partial charge in [-0.05, 0) is 32.2 Å². The van der Waals surface area contributed by atoms with Crippen LogP contribution in [-0.2, 0) is 4.74 Å². The fourth-order valence-electron chi connectivity index (χ4n) is 1.74. The molecule has 0 amide bonds. The molecule has 0 saturated heterocycles. The van der Waals surface area contributed by atoms with Crippen molar-refractivity contribution in [1.29, 1.82) is 0 Å². The zero-order chi connectivity index (χ0) is 11.7. The molecule has 0 spiro atoms. The van der Waals surface area contributed by atoms with Gasteiger partial charge in [-0.3, -0.25) is 0 Å². The molecule has 2 heteroatoms. The van der Waals surface area contributed by atoms with Crippen LogP contribution >= 0.6 is 0 Å². The minimum atomic E-state index is 0.305. The van der Waals surface area contributed by atoms with Crippen molar-refractivity contribution >= 4 is 0 Å². The van der Waals surface area contributed by atoms with Crippen LogP contribution in [0.2, 0.25) is 0 Å². The average molecular weight is 213 g/mol. The lowest BCUT2D eigenvalue weighted by molar-refractivity contribution is 0.0652. The molecule has 1 N–H and O–H groups in total. The lowest BCUT2D eigenvalue weighted by atomic mass is 9.99. The van der Waals surface area contributed by atoms with Crippen LogP contribution in [0.15, 0.2) is 12.2 Å². The van der Waals surface area contributed by atoms with Crippen molar-refractivity contribution in [2.75, 3.05) is 13.7 Å². The Bertz CT molecular complexity index is 164. The number of methoxy groups -OCH3 is 1. The van der Waals surface area contributed by atoms with Gasteiger partial charge in [-0.25, -0.2) is 0 Å². The van der Waals surface area contributed by atoms with Crippen molar-refractivity contribution in [1.82, 2.24) is 5.32 Å². The second-order valence-corrected chi connectivity index (χ2v) is 4.05. The topological polar surface area (TPSA) is 21.3 Å². The number of hydrogen-bond donors (Lipinski definition) is 1. The third-order valence-electron chi connectivity index (χ3n) is 2.82. The van der Waals surface area contributed by atoms with E-state index in [0.29, 0.717) is 12.1 Å². The molecular weight excluding hydrogens is 186 g/mol. The number of nitrogens with one attached hydrogen (secondary N) is 1. The van der Waals surface area contributed by atoms with Crippen LogP contribution in [0.5, 0.6) is 0 Å². The van der Waals surface area contributed by atoms with E-state index >= 15 is 0 Å². The van der Waals surface area contributed by atoms with E-state index in [-0.39, 0.29) is 0 Å². The summed E-state index contributed by atoms with van der Waals surface area (Å²) in [5, 5.41) is 3.55. The first kappa shape index (κ1) is 14.7. The Morgan fingerprint density at radius 1 is 1.33 bits per heavy atom. The third kappa shape index (κ3) is 5.95. The molecule has 0 heterocycles. The first-order valence-corrected chi connectivity index (χ1v) is 6.12. The first-order chi connectivity index (χ1) is 7.19. The molecule has 2 unspecified atom stereocenters. The van der Waals surface area contributed by atoms with Gasteiger partial charge in [-0.2, -0.15) is 0 Å². The summed E-state index contributed by atoms with van der Waals surface area (Å²) in [5.74, 6) is 0. The van der Waals surface area contributed by atoms with Crippen molar-refractivity contribution in [3.05, 3.63) is 12.2 Å². The summed E-state index contributed by atoms with van der Waals surface area (Å²) in [5.41, 5.74) is 1.30. The third-order valence-corrected chi connectivity index (χ3v) is 2.82. The highest BCUT2D eigenvalue weighted by molar-refractivity contribution is 4.98. The fourth-order valence-corrected chi connectivity index (χ4v) is 1.74. The van der Waals surface area contributed by atoms with Crippen LogP contribution in [-0.4, -0.2) is 25.8 Å². The van der Waals surface area contributed by atoms with Gasteiger partial charge in [0, 0.05) is 13.2 Å². The maximum atomic E-state index is 5.50. The SMILES string of the molecule is C=C(CC)CC(NCCC)C(CC)OC. The molecule has 0 rings (SSSR count). The standard InChI is InChI=1S/C13H27NO/c1-6-9-14-12(10-11(4)7-2)13(8-3)15-5/h12-14H,4,6-10H2,1-3,5H3. The van der Waals surface area contributed by atoms with Gasteiger partial charge in [0.1, 0.15) is 0 Å². The maximum Gasteiger partial charge on any atom is 0.0724 e. The lowest BCUT2D eigenvalue weighted by Crippen LogP contribution is -2.41. The average Bonchev–Trinajstić information content (AvgIpc) is 2.26. The van der Waals surface area contributed by atoms with Gasteiger partial charge in [0.05, 0.1) is 6.10 Å². The molecule has 0 aromatic rings. The molecule has 15 heavy (non-hydrogen) atoms. The quantitative estimate of drug-likeness (QED) is 0.594. The number of ether oxygens (including phenoxy) is 1. The van der Waals surface area contributed by atoms with E-state index in [9.17, 15) is 0 Å². The minimum Gasteiger partial charge on any atom is -0.380 e. The zero-order valence-corrected chi connectivity index (χ0v) is 10.8. The van der Waals surface area contributed by atoms with E-state index < -0.39 is 0 Å². The molecule has 0 saturated carbocycles. The molecule has 0 bridgehead atoms. The van der Waals surface area contributed by atoms with Gasteiger partial charge < -0.3 is 10.1 Å². The smallest absolute Gasteiger partial charge is 0.0724 e. The molecule has 0 aromatic heterocycles. The largest absolute Gasteiger partial charge is 0.380 e. The van der Waals surface area contributed by atoms with Crippen LogP contribution in [0.1, 0.15) is 46.5 Å². The van der Waals surface area contributed by atoms with Crippen molar-refractivity contribution in [2.45, 2.75) is 58.6 Å². The van der Waals surface area contributed by atoms with Gasteiger partial charge >= 0.3 is 0 Å². The summed E-state index contributed by atoms with van der Waals surface area (Å²) in [6.45, 7) is 11.7. The summed E-state index contributed by atoms with van der Waals surface area (Å²) in [7, 11) is 1.80. The Hall–Kier alpha value is -0.340. The highest BCUT2D eigenvalue weighted by Gasteiger charge is 2.18. The Kier molecular flexibility index (Phi) is 8.73. The highest BCUT2D eigenvalue weighted by Crippen LogP contribution is 2.14. The fraction of sp³-hybridized carbons (Fsp3) is 0.846. The predicted octanol–water partition coefficient (Wildman–Crippen LogP) is 3.14. The molecule has 0 aliphatic rings. The Morgan fingerprint density at radius 2 is 2.00 bits per heavy atom. The monoisotopic (exact) mass is 213 g/mol. The second-order valence-electron chi connectivity index (χ2n) is 4.05. The summed E-state index contributed by atoms with van der Waals surface area (Å²) in [6, 6.07) is 0.424. The Morgan fingerprint density at radius 3 is 2.40 bits per heavy atom. The molecular formula is C13H27NO. The van der Waals surface area contributed by atoms with Gasteiger partial charge in [0.15, 0.2) is 0 Å². The van der Waals surface area contributed by atoms with Crippen LogP contribution < -0.4 is 5.32 Å². The second kappa shape index (κ2) is 8.93. The van der Waals surface area contributed by atoms with Crippen LogP contribution in [0.25, 0.3) is 0 Å². The predicted molar refractivity (Wildman–Crippen MR) is 67.2 cm³/mol. The van der Waals surface area contributed by atoms with Crippen LogP contribution in [0.3, 0.4) is 0 Å². The zero-order valence-electron chi connectivity index (χ0n) is 10.8. The molecule has 0 radical (unpaired) electrons. The molecule has 0 aromatic carbocycles. The van der Waals surface area contributed by atoms with Crippen molar-refractivity contribution in [3.63, 3.8) is 0 Å². The van der Waals surface area contributed by atoms with Gasteiger partial charge in [0.25, 0.3) is 0 Å². The first-order valence-electron chi connectivity index (χ1n) is 6.12. The molecule has 2 nitrogen and oxygen atoms in total. The van der Waals surface area contributed by atoms with Crippen molar-refractivity contribution < 1.29 is 4.74 Å². The maximum absolute atomic E-state index is 5.50. The summed E-state index contributed by atoms with van der Waals surface area (Å²) in [4.78, 5) is 0. The Labute approximate surface area is 95.1 Å². The molecule has 0 fully saturated rings. The van der Waals surface area contributed by atoms with Crippen molar-refractivity contribution in [3.8, 4) is 0 Å². The lowest BCUT2D eigenvalue weighted by Gasteiger charge is -2.26. The summed E-state index contributed by atoms with van der Waals surface area (Å²) in [6.07, 6.45) is 4.61. The minimum absolute atomic E-state index is 0.305. The van der Waals surface area contributed by atoms with E-state index in [1.54, 1.807) is 7.11 Å². The van der Waals surface area contributed by atoms with E-state index in [1.165, 1.54) is 5.57 Å². The number of rotatable bonds is 9. The van der Waals surface area contributed by atoms with Gasteiger partial charge in [-0.15, -0.1) is 0 Å². The van der Waals surface area contributed by atoms with E-state index in [4.69, 9.17) is 4.74 Å². The molecule has 0 aliphatic heterocycles. The van der Waals surface area contributed by atoms with Gasteiger partial charge in [-0.1, -0.05) is 32.9 Å². The van der Waals surface area contributed by atoms with E-state index in [0.717, 1.165) is 32.2 Å². The van der Waals surface area contributed by atoms with Crippen molar-refractivity contribution in [2.24, 2.45) is 0 Å². The van der Waals surface area contributed by atoms with Crippen LogP contribution in [0.4, 0.5) is 0 Å².